The fraction of sp³-hybridized carbons (Fsp3) is 0.0588. The van der Waals surface area contributed by atoms with E-state index in [1.807, 2.05) is 6.07 Å². The largest absolute Gasteiger partial charge is 0.486 e. The average molecular weight is 396 g/mol. The maximum atomic E-state index is 11.3. The van der Waals surface area contributed by atoms with Crippen molar-refractivity contribution in [2.24, 2.45) is 0 Å². The van der Waals surface area contributed by atoms with Crippen LogP contribution in [0.25, 0.3) is 22.4 Å². The molecule has 0 radical (unpaired) electrons. The molecule has 3 aromatic rings. The highest BCUT2D eigenvalue weighted by Crippen LogP contribution is 2.45. The minimum Gasteiger partial charge on any atom is -0.486 e. The number of aromatic carboxylic acids is 1. The van der Waals surface area contributed by atoms with Gasteiger partial charge < -0.3 is 9.84 Å². The normalized spacial score (nSPS) is 12.3. The highest BCUT2D eigenvalue weighted by atomic mass is 35.5. The lowest BCUT2D eigenvalue weighted by Gasteiger charge is -2.20. The van der Waals surface area contributed by atoms with Crippen LogP contribution in [0.1, 0.15) is 16.1 Å². The van der Waals surface area contributed by atoms with E-state index in [9.17, 15) is 9.90 Å². The molecule has 4 rings (SSSR count). The molecule has 8 heteroatoms. The Morgan fingerprint density at radius 2 is 1.92 bits per heavy atom. The van der Waals surface area contributed by atoms with E-state index in [0.29, 0.717) is 37.6 Å². The molecule has 25 heavy (non-hydrogen) atoms. The highest BCUT2D eigenvalue weighted by Gasteiger charge is 2.28. The average Bonchev–Trinajstić information content (AvgIpc) is 2.99. The molecule has 1 aliphatic rings. The van der Waals surface area contributed by atoms with Gasteiger partial charge in [-0.3, -0.25) is 5.10 Å². The van der Waals surface area contributed by atoms with Crippen molar-refractivity contribution >= 4 is 40.8 Å². The molecule has 0 bridgehead atoms. The number of hydrogen-bond acceptors (Lipinski definition) is 3. The Kier molecular flexibility index (Phi) is 3.87. The molecular formula is C17H9Cl3N2O3. The van der Waals surface area contributed by atoms with Crippen LogP contribution in [0.5, 0.6) is 5.75 Å². The number of aromatic nitrogens is 2. The van der Waals surface area contributed by atoms with E-state index in [1.54, 1.807) is 24.3 Å². The lowest BCUT2D eigenvalue weighted by molar-refractivity contribution is 0.0687. The standard InChI is InChI=1S/C17H9Cl3N2O3/c18-8-1-2-9(12(19)5-8)7-3-10-14-11(15(17(23)24)22-21-14)6-25-16(10)13(20)4-7/h1-5H,6H2,(H,21,22)(H,23,24). The number of aromatic amines is 1. The minimum atomic E-state index is -1.12. The van der Waals surface area contributed by atoms with Crippen LogP contribution in [0.2, 0.25) is 15.1 Å². The molecule has 2 aromatic carbocycles. The first kappa shape index (κ1) is 16.3. The second-order valence-corrected chi connectivity index (χ2v) is 6.73. The second-order valence-electron chi connectivity index (χ2n) is 5.48. The van der Waals surface area contributed by atoms with Crippen LogP contribution in [-0.2, 0) is 6.61 Å². The lowest BCUT2D eigenvalue weighted by atomic mass is 9.97. The summed E-state index contributed by atoms with van der Waals surface area (Å²) in [5.74, 6) is -0.642. The number of H-pyrrole nitrogens is 1. The monoisotopic (exact) mass is 394 g/mol. The van der Waals surface area contributed by atoms with Crippen LogP contribution < -0.4 is 4.74 Å². The highest BCUT2D eigenvalue weighted by molar-refractivity contribution is 6.37. The second kappa shape index (κ2) is 5.95. The number of carboxylic acid groups (broad SMARTS) is 1. The summed E-state index contributed by atoms with van der Waals surface area (Å²) in [5.41, 5.74) is 3.14. The Balaban J connectivity index is 1.92. The third-order valence-electron chi connectivity index (χ3n) is 3.99. The van der Waals surface area contributed by atoms with Gasteiger partial charge in [-0.15, -0.1) is 0 Å². The molecule has 0 amide bonds. The number of rotatable bonds is 2. The van der Waals surface area contributed by atoms with E-state index in [-0.39, 0.29) is 12.3 Å². The fourth-order valence-electron chi connectivity index (χ4n) is 2.85. The smallest absolute Gasteiger partial charge is 0.356 e. The number of carbonyl (C=O) groups is 1. The SMILES string of the molecule is O=C(O)c1n[nH]c2c1COc1c(Cl)cc(-c3ccc(Cl)cc3Cl)cc1-2. The number of nitrogens with one attached hydrogen (secondary N) is 1. The Morgan fingerprint density at radius 3 is 2.64 bits per heavy atom. The van der Waals surface area contributed by atoms with Crippen molar-refractivity contribution in [2.45, 2.75) is 6.61 Å². The first-order valence-electron chi connectivity index (χ1n) is 7.18. The van der Waals surface area contributed by atoms with Crippen LogP contribution in [0.3, 0.4) is 0 Å². The van der Waals surface area contributed by atoms with Crippen LogP contribution >= 0.6 is 34.8 Å². The molecule has 0 spiro atoms. The summed E-state index contributed by atoms with van der Waals surface area (Å²) >= 11 is 18.6. The quantitative estimate of drug-likeness (QED) is 0.618. The van der Waals surface area contributed by atoms with Gasteiger partial charge in [-0.25, -0.2) is 4.79 Å². The molecule has 2 N–H and O–H groups in total. The molecule has 126 valence electrons. The van der Waals surface area contributed by atoms with Crippen LogP contribution in [0, 0.1) is 0 Å². The Labute approximate surface area is 157 Å². The van der Waals surface area contributed by atoms with E-state index in [1.165, 1.54) is 0 Å². The summed E-state index contributed by atoms with van der Waals surface area (Å²) in [4.78, 5) is 11.3. The topological polar surface area (TPSA) is 75.2 Å². The molecule has 1 aromatic heterocycles. The predicted molar refractivity (Wildman–Crippen MR) is 95.8 cm³/mol. The third-order valence-corrected chi connectivity index (χ3v) is 4.81. The number of hydrogen-bond donors (Lipinski definition) is 2. The summed E-state index contributed by atoms with van der Waals surface area (Å²) in [5, 5.41) is 17.3. The maximum absolute atomic E-state index is 11.3. The zero-order chi connectivity index (χ0) is 17.7. The Bertz CT molecular complexity index is 1030. The van der Waals surface area contributed by atoms with Crippen molar-refractivity contribution in [2.75, 3.05) is 0 Å². The van der Waals surface area contributed by atoms with E-state index >= 15 is 0 Å². The maximum Gasteiger partial charge on any atom is 0.356 e. The molecular weight excluding hydrogens is 387 g/mol. The molecule has 0 saturated carbocycles. The van der Waals surface area contributed by atoms with Crippen molar-refractivity contribution in [3.8, 4) is 28.1 Å². The number of ether oxygens (including phenoxy) is 1. The fourth-order valence-corrected chi connectivity index (χ4v) is 3.65. The van der Waals surface area contributed by atoms with Gasteiger partial charge in [-0.1, -0.05) is 40.9 Å². The Hall–Kier alpha value is -2.21. The van der Waals surface area contributed by atoms with E-state index in [2.05, 4.69) is 10.2 Å². The summed E-state index contributed by atoms with van der Waals surface area (Å²) < 4.78 is 5.66. The lowest BCUT2D eigenvalue weighted by Crippen LogP contribution is -2.09. The minimum absolute atomic E-state index is 0.0632. The third kappa shape index (κ3) is 2.65. The molecule has 0 atom stereocenters. The van der Waals surface area contributed by atoms with Crippen molar-refractivity contribution in [1.82, 2.24) is 10.2 Å². The van der Waals surface area contributed by atoms with Gasteiger partial charge in [-0.2, -0.15) is 5.10 Å². The van der Waals surface area contributed by atoms with E-state index in [4.69, 9.17) is 39.5 Å². The van der Waals surface area contributed by atoms with Crippen LogP contribution in [-0.4, -0.2) is 21.3 Å². The van der Waals surface area contributed by atoms with Crippen molar-refractivity contribution in [1.29, 1.82) is 0 Å². The van der Waals surface area contributed by atoms with Gasteiger partial charge in [0, 0.05) is 21.2 Å². The first-order valence-corrected chi connectivity index (χ1v) is 8.31. The van der Waals surface area contributed by atoms with Crippen LogP contribution in [0.4, 0.5) is 0 Å². The summed E-state index contributed by atoms with van der Waals surface area (Å²) in [6, 6.07) is 8.75. The van der Waals surface area contributed by atoms with Crippen LogP contribution in [0.15, 0.2) is 30.3 Å². The molecule has 0 unspecified atom stereocenters. The molecule has 5 nitrogen and oxygen atoms in total. The van der Waals surface area contributed by atoms with Crippen molar-refractivity contribution in [3.05, 3.63) is 56.7 Å². The summed E-state index contributed by atoms with van der Waals surface area (Å²) in [7, 11) is 0. The van der Waals surface area contributed by atoms with E-state index < -0.39 is 5.97 Å². The summed E-state index contributed by atoms with van der Waals surface area (Å²) in [6.07, 6.45) is 0. The van der Waals surface area contributed by atoms with Gasteiger partial charge in [0.15, 0.2) is 5.69 Å². The number of carboxylic acids is 1. The van der Waals surface area contributed by atoms with E-state index in [0.717, 1.165) is 11.1 Å². The van der Waals surface area contributed by atoms with Gasteiger partial charge in [0.25, 0.3) is 0 Å². The first-order chi connectivity index (χ1) is 12.0. The van der Waals surface area contributed by atoms with Gasteiger partial charge >= 0.3 is 5.97 Å². The molecule has 1 aliphatic heterocycles. The van der Waals surface area contributed by atoms with Crippen molar-refractivity contribution < 1.29 is 14.6 Å². The Morgan fingerprint density at radius 1 is 1.12 bits per heavy atom. The van der Waals surface area contributed by atoms with Crippen molar-refractivity contribution in [3.63, 3.8) is 0 Å². The number of nitrogens with zero attached hydrogens (tertiary/aromatic N) is 1. The van der Waals surface area contributed by atoms with Gasteiger partial charge in [0.1, 0.15) is 12.4 Å². The summed E-state index contributed by atoms with van der Waals surface area (Å²) in [6.45, 7) is 0.0846. The zero-order valence-electron chi connectivity index (χ0n) is 12.4. The predicted octanol–water partition coefficient (Wildman–Crippen LogP) is 5.29. The number of benzene rings is 2. The zero-order valence-corrected chi connectivity index (χ0v) is 14.7. The number of fused-ring (bicyclic) bond motifs is 3. The number of halogens is 3. The molecule has 2 heterocycles. The molecule has 0 fully saturated rings. The molecule has 0 aliphatic carbocycles. The van der Waals surface area contributed by atoms with Gasteiger partial charge in [0.2, 0.25) is 0 Å². The molecule has 0 saturated heterocycles. The van der Waals surface area contributed by atoms with Gasteiger partial charge in [0.05, 0.1) is 16.3 Å². The van der Waals surface area contributed by atoms with Gasteiger partial charge in [-0.05, 0) is 29.8 Å².